The summed E-state index contributed by atoms with van der Waals surface area (Å²) in [6.45, 7) is 1.90. The second-order valence-corrected chi connectivity index (χ2v) is 14.1. The number of terminal acetylenes is 2. The Morgan fingerprint density at radius 2 is 1.51 bits per heavy atom. The van der Waals surface area contributed by atoms with Gasteiger partial charge in [-0.05, 0) is 49.8 Å². The van der Waals surface area contributed by atoms with Gasteiger partial charge in [0.25, 0.3) is 0 Å². The summed E-state index contributed by atoms with van der Waals surface area (Å²) >= 11 is 0. The lowest BCUT2D eigenvalue weighted by atomic mass is 9.82. The van der Waals surface area contributed by atoms with E-state index in [9.17, 15) is 24.6 Å². The number of rotatable bonds is 21. The van der Waals surface area contributed by atoms with Crippen LogP contribution in [0.1, 0.15) is 81.8 Å². The third-order valence-corrected chi connectivity index (χ3v) is 9.88. The first-order valence-electron chi connectivity index (χ1n) is 18.4. The van der Waals surface area contributed by atoms with E-state index >= 15 is 0 Å². The number of aliphatic hydroxyl groups excluding tert-OH is 2. The Morgan fingerprint density at radius 3 is 2.14 bits per heavy atom. The van der Waals surface area contributed by atoms with E-state index in [1.165, 1.54) is 5.56 Å². The number of benzene rings is 2. The molecule has 3 amide bonds. The van der Waals surface area contributed by atoms with E-state index in [0.29, 0.717) is 51.1 Å². The topological polar surface area (TPSA) is 122 Å². The molecule has 3 rings (SSSR count). The Kier molecular flexibility index (Phi) is 18.3. The number of aliphatic hydroxyl groups is 2. The van der Waals surface area contributed by atoms with Gasteiger partial charge in [-0.2, -0.15) is 0 Å². The fraction of sp³-hybridized carbons (Fsp3) is 0.548. The molecule has 0 radical (unpaired) electrons. The molecule has 0 aliphatic heterocycles. The van der Waals surface area contributed by atoms with E-state index in [4.69, 9.17) is 12.8 Å². The van der Waals surface area contributed by atoms with Crippen LogP contribution < -0.4 is 10.6 Å². The molecule has 1 fully saturated rings. The molecule has 1 aliphatic rings. The quantitative estimate of drug-likeness (QED) is 0.114. The molecular weight excluding hydrogens is 640 g/mol. The molecule has 51 heavy (non-hydrogen) atoms. The summed E-state index contributed by atoms with van der Waals surface area (Å²) in [5.41, 5.74) is 2.08. The monoisotopic (exact) mass is 698 g/mol. The summed E-state index contributed by atoms with van der Waals surface area (Å²) in [5.74, 6) is 3.45. The van der Waals surface area contributed by atoms with Crippen LogP contribution in [0, 0.1) is 36.5 Å². The first kappa shape index (κ1) is 41.3. The van der Waals surface area contributed by atoms with Crippen molar-refractivity contribution < 1.29 is 24.6 Å². The zero-order chi connectivity index (χ0) is 37.0. The summed E-state index contributed by atoms with van der Waals surface area (Å²) in [6.07, 6.45) is 16.1. The maximum Gasteiger partial charge on any atom is 0.243 e. The number of hydrogen-bond acceptors (Lipinski definition) is 6. The minimum atomic E-state index is -1.21. The Labute approximate surface area is 305 Å². The lowest BCUT2D eigenvalue weighted by Crippen LogP contribution is -2.56. The van der Waals surface area contributed by atoms with Crippen LogP contribution in [0.3, 0.4) is 0 Å². The number of likely N-dealkylation sites (N-methyl/N-ethyl adjacent to an activating group) is 2. The van der Waals surface area contributed by atoms with E-state index in [1.54, 1.807) is 11.9 Å². The molecule has 276 valence electrons. The molecule has 2 aromatic rings. The van der Waals surface area contributed by atoms with Crippen molar-refractivity contribution in [3.63, 3.8) is 0 Å². The summed E-state index contributed by atoms with van der Waals surface area (Å²) in [5, 5.41) is 27.8. The maximum absolute atomic E-state index is 13.9. The van der Waals surface area contributed by atoms with Gasteiger partial charge in [0.1, 0.15) is 6.04 Å². The average molecular weight is 699 g/mol. The molecule has 0 aromatic heterocycles. The van der Waals surface area contributed by atoms with E-state index in [2.05, 4.69) is 39.5 Å². The number of carbonyl (C=O) groups is 3. The average Bonchev–Trinajstić information content (AvgIpc) is 3.14. The van der Waals surface area contributed by atoms with Gasteiger partial charge in [0.2, 0.25) is 17.7 Å². The predicted molar refractivity (Wildman–Crippen MR) is 202 cm³/mol. The molecule has 2 aromatic carbocycles. The highest BCUT2D eigenvalue weighted by Crippen LogP contribution is 2.29. The number of amides is 3. The van der Waals surface area contributed by atoms with Crippen LogP contribution in [0.4, 0.5) is 0 Å². The summed E-state index contributed by atoms with van der Waals surface area (Å²) in [6, 6.07) is 17.8. The first-order valence-corrected chi connectivity index (χ1v) is 18.4. The van der Waals surface area contributed by atoms with Crippen LogP contribution in [0.5, 0.6) is 0 Å². The molecular formula is C42H58N4O5. The minimum Gasteiger partial charge on any atom is -0.390 e. The van der Waals surface area contributed by atoms with Gasteiger partial charge in [-0.25, -0.2) is 0 Å². The van der Waals surface area contributed by atoms with Gasteiger partial charge in [0, 0.05) is 45.9 Å². The van der Waals surface area contributed by atoms with Gasteiger partial charge in [0.15, 0.2) is 0 Å². The number of nitrogens with zero attached hydrogens (tertiary/aromatic N) is 2. The van der Waals surface area contributed by atoms with Crippen molar-refractivity contribution in [2.45, 2.75) is 108 Å². The predicted octanol–water partition coefficient (Wildman–Crippen LogP) is 4.31. The lowest BCUT2D eigenvalue weighted by molar-refractivity contribution is -0.137. The Hall–Kier alpha value is -4.15. The Bertz CT molecular complexity index is 1420. The first-order chi connectivity index (χ1) is 24.6. The van der Waals surface area contributed by atoms with Gasteiger partial charge in [-0.15, -0.1) is 24.7 Å². The third-order valence-electron chi connectivity index (χ3n) is 9.88. The van der Waals surface area contributed by atoms with Crippen LogP contribution in [0.15, 0.2) is 60.7 Å². The van der Waals surface area contributed by atoms with Crippen molar-refractivity contribution >= 4 is 17.7 Å². The highest BCUT2D eigenvalue weighted by atomic mass is 16.3. The van der Waals surface area contributed by atoms with Crippen molar-refractivity contribution in [2.75, 3.05) is 27.2 Å². The number of nitrogens with one attached hydrogen (secondary N) is 2. The number of unbranched alkanes of at least 4 members (excludes halogenated alkanes) is 1. The summed E-state index contributed by atoms with van der Waals surface area (Å²) in [7, 11) is 3.75. The van der Waals surface area contributed by atoms with Crippen LogP contribution in [-0.2, 0) is 27.3 Å². The van der Waals surface area contributed by atoms with Gasteiger partial charge in [0.05, 0.1) is 24.2 Å². The molecule has 0 heterocycles. The Balaban J connectivity index is 1.70. The van der Waals surface area contributed by atoms with Crippen molar-refractivity contribution in [1.29, 1.82) is 0 Å². The molecule has 5 unspecified atom stereocenters. The number of carbonyl (C=O) groups excluding carboxylic acids is 3. The highest BCUT2D eigenvalue weighted by molar-refractivity contribution is 5.91. The van der Waals surface area contributed by atoms with E-state index < -0.39 is 42.0 Å². The van der Waals surface area contributed by atoms with Gasteiger partial charge >= 0.3 is 0 Å². The van der Waals surface area contributed by atoms with Crippen molar-refractivity contribution in [2.24, 2.45) is 11.8 Å². The molecule has 5 atom stereocenters. The van der Waals surface area contributed by atoms with Crippen LogP contribution in [0.2, 0.25) is 0 Å². The highest BCUT2D eigenvalue weighted by Gasteiger charge is 2.34. The third kappa shape index (κ3) is 14.9. The second kappa shape index (κ2) is 22.6. The van der Waals surface area contributed by atoms with Gasteiger partial charge < -0.3 is 30.6 Å². The van der Waals surface area contributed by atoms with Crippen LogP contribution >= 0.6 is 0 Å². The second-order valence-electron chi connectivity index (χ2n) is 14.1. The smallest absolute Gasteiger partial charge is 0.243 e. The van der Waals surface area contributed by atoms with Crippen LogP contribution in [-0.4, -0.2) is 89.2 Å². The molecule has 4 N–H and O–H groups in total. The maximum atomic E-state index is 13.9. The van der Waals surface area contributed by atoms with Gasteiger partial charge in [-0.1, -0.05) is 92.8 Å². The molecule has 1 aliphatic carbocycles. The Morgan fingerprint density at radius 1 is 0.863 bits per heavy atom. The van der Waals surface area contributed by atoms with Crippen molar-refractivity contribution in [1.82, 2.24) is 20.4 Å². The SMILES string of the molecule is C#CCCCC(O)C(O)C(CC1CCCCC1)NC(=O)C(CC#C)NC(=O)C(CC(=O)N(C)CCN(C)Cc1ccccc1)Cc1ccccc1. The standard InChI is InChI=1S/C42H58N4O5/c1-5-7-11-25-38(47)40(49)37(29-33-21-14-9-15-22-33)44-42(51)36(18-6-2)43-41(50)35(28-32-19-12-8-13-20-32)30-39(48)46(4)27-26-45(3)31-34-23-16-10-17-24-34/h1-2,8,10,12-13,16-17,19-20,23-24,33,35-38,40,47,49H,7,9,11,14-15,18,21-22,25-31H2,3-4H3,(H,43,50)(H,44,51). The lowest BCUT2D eigenvalue weighted by Gasteiger charge is -2.33. The normalized spacial score (nSPS) is 16.1. The largest absolute Gasteiger partial charge is 0.390 e. The molecule has 9 nitrogen and oxygen atoms in total. The zero-order valence-electron chi connectivity index (χ0n) is 30.5. The number of hydrogen-bond donors (Lipinski definition) is 4. The van der Waals surface area contributed by atoms with Crippen LogP contribution in [0.25, 0.3) is 0 Å². The van der Waals surface area contributed by atoms with Crippen molar-refractivity contribution in [3.8, 4) is 24.7 Å². The van der Waals surface area contributed by atoms with E-state index in [1.807, 2.05) is 55.6 Å². The fourth-order valence-electron chi connectivity index (χ4n) is 6.76. The molecule has 1 saturated carbocycles. The molecule has 0 bridgehead atoms. The summed E-state index contributed by atoms with van der Waals surface area (Å²) < 4.78 is 0. The minimum absolute atomic E-state index is 0.0448. The zero-order valence-corrected chi connectivity index (χ0v) is 30.5. The molecule has 9 heteroatoms. The fourth-order valence-corrected chi connectivity index (χ4v) is 6.76. The van der Waals surface area contributed by atoms with E-state index in [0.717, 1.165) is 44.2 Å². The van der Waals surface area contributed by atoms with Crippen molar-refractivity contribution in [3.05, 3.63) is 71.8 Å². The molecule has 0 spiro atoms. The van der Waals surface area contributed by atoms with Gasteiger partial charge in [-0.3, -0.25) is 14.4 Å². The summed E-state index contributed by atoms with van der Waals surface area (Å²) in [4.78, 5) is 45.0. The molecule has 0 saturated heterocycles. The van der Waals surface area contributed by atoms with E-state index in [-0.39, 0.29) is 18.7 Å².